The van der Waals surface area contributed by atoms with Crippen LogP contribution in [0.3, 0.4) is 0 Å². The number of benzene rings is 1. The van der Waals surface area contributed by atoms with E-state index in [1.165, 1.54) is 22.7 Å². The number of carbonyl (C=O) groups excluding carboxylic acids is 1. The molecule has 1 aliphatic heterocycles. The number of aromatic nitrogens is 1. The van der Waals surface area contributed by atoms with Crippen LogP contribution in [0.4, 0.5) is 13.2 Å². The Hall–Kier alpha value is -2.39. The summed E-state index contributed by atoms with van der Waals surface area (Å²) in [7, 11) is 0. The van der Waals surface area contributed by atoms with Gasteiger partial charge in [0, 0.05) is 17.8 Å². The monoisotopic (exact) mass is 397 g/mol. The molecule has 0 bridgehead atoms. The molecule has 2 N–H and O–H groups in total. The second-order valence-electron chi connectivity index (χ2n) is 6.45. The van der Waals surface area contributed by atoms with Crippen LogP contribution in [0.5, 0.6) is 0 Å². The van der Waals surface area contributed by atoms with Gasteiger partial charge >= 0.3 is 6.18 Å². The maximum atomic E-state index is 13.6. The highest BCUT2D eigenvalue weighted by atomic mass is 32.1. The smallest absolute Gasteiger partial charge is 0.373 e. The molecule has 1 aromatic heterocycles. The zero-order valence-electron chi connectivity index (χ0n) is 14.4. The third kappa shape index (κ3) is 3.98. The Morgan fingerprint density at radius 3 is 2.74 bits per heavy atom. The van der Waals surface area contributed by atoms with Crippen molar-refractivity contribution in [2.75, 3.05) is 6.54 Å². The van der Waals surface area contributed by atoms with Crippen LogP contribution >= 0.6 is 11.5 Å². The van der Waals surface area contributed by atoms with Gasteiger partial charge in [0.25, 0.3) is 5.91 Å². The quantitative estimate of drug-likeness (QED) is 0.803. The lowest BCUT2D eigenvalue weighted by Crippen LogP contribution is -2.60. The highest BCUT2D eigenvalue weighted by Gasteiger charge is 2.60. The predicted molar refractivity (Wildman–Crippen MR) is 95.6 cm³/mol. The van der Waals surface area contributed by atoms with Crippen LogP contribution in [0.15, 0.2) is 36.5 Å². The van der Waals surface area contributed by atoms with Gasteiger partial charge in [0.1, 0.15) is 0 Å². The van der Waals surface area contributed by atoms with Gasteiger partial charge in [0.2, 0.25) is 5.60 Å². The summed E-state index contributed by atoms with van der Waals surface area (Å²) in [5.41, 5.74) is -0.732. The molecule has 3 rings (SSSR count). The number of aliphatic hydroxyl groups is 1. The van der Waals surface area contributed by atoms with E-state index in [2.05, 4.69) is 9.80 Å². The number of hydrazine groups is 1. The van der Waals surface area contributed by atoms with Crippen LogP contribution in [0.1, 0.15) is 24.8 Å². The van der Waals surface area contributed by atoms with E-state index < -0.39 is 30.0 Å². The predicted octanol–water partition coefficient (Wildman–Crippen LogP) is 1.50. The molecule has 9 heteroatoms. The number of fused-ring (bicyclic) bond motifs is 1. The van der Waals surface area contributed by atoms with E-state index in [1.54, 1.807) is 49.5 Å². The maximum Gasteiger partial charge on any atom is 0.426 e. The molecular weight excluding hydrogens is 379 g/mol. The fourth-order valence-electron chi connectivity index (χ4n) is 2.89. The summed E-state index contributed by atoms with van der Waals surface area (Å²) >= 11 is 1.26. The van der Waals surface area contributed by atoms with Crippen LogP contribution < -0.4 is 15.2 Å². The molecule has 0 saturated carbocycles. The van der Waals surface area contributed by atoms with Gasteiger partial charge in [-0.3, -0.25) is 15.2 Å². The molecule has 2 unspecified atom stereocenters. The first-order chi connectivity index (χ1) is 12.7. The minimum Gasteiger partial charge on any atom is -0.373 e. The summed E-state index contributed by atoms with van der Waals surface area (Å²) in [5, 5.41) is 12.2. The van der Waals surface area contributed by atoms with Crippen molar-refractivity contribution in [3.8, 4) is 0 Å². The normalized spacial score (nSPS) is 17.1. The Kier molecular flexibility index (Phi) is 5.25. The molecular formula is C18H18F3N3O2S. The second-order valence-corrected chi connectivity index (χ2v) is 7.28. The van der Waals surface area contributed by atoms with Crippen molar-refractivity contribution >= 4 is 29.7 Å². The van der Waals surface area contributed by atoms with Crippen molar-refractivity contribution in [1.82, 2.24) is 14.8 Å². The number of amides is 1. The lowest BCUT2D eigenvalue weighted by Gasteiger charge is -2.33. The van der Waals surface area contributed by atoms with Crippen LogP contribution in [-0.2, 0) is 4.79 Å². The molecule has 0 aliphatic carbocycles. The first-order valence-corrected chi connectivity index (χ1v) is 9.02. The van der Waals surface area contributed by atoms with E-state index in [4.69, 9.17) is 0 Å². The molecule has 27 heavy (non-hydrogen) atoms. The summed E-state index contributed by atoms with van der Waals surface area (Å²) in [6.07, 6.45) is -1.10. The molecule has 2 heterocycles. The van der Waals surface area contributed by atoms with Gasteiger partial charge in [0.05, 0.1) is 17.3 Å². The number of halogens is 3. The van der Waals surface area contributed by atoms with Crippen LogP contribution in [0.2, 0.25) is 0 Å². The van der Waals surface area contributed by atoms with E-state index in [1.807, 2.05) is 0 Å². The average molecular weight is 397 g/mol. The van der Waals surface area contributed by atoms with E-state index in [9.17, 15) is 23.1 Å². The number of rotatable bonds is 5. The summed E-state index contributed by atoms with van der Waals surface area (Å²) in [4.78, 5) is 12.4. The number of carbonyl (C=O) groups is 1. The van der Waals surface area contributed by atoms with Gasteiger partial charge in [-0.1, -0.05) is 37.3 Å². The largest absolute Gasteiger partial charge is 0.426 e. The Morgan fingerprint density at radius 1 is 1.37 bits per heavy atom. The molecule has 1 amide bonds. The van der Waals surface area contributed by atoms with Crippen LogP contribution in [0, 0.1) is 0 Å². The summed E-state index contributed by atoms with van der Waals surface area (Å²) in [5.74, 6) is -2.18. The molecule has 1 aliphatic rings. The summed E-state index contributed by atoms with van der Waals surface area (Å²) in [6.45, 7) is 1.73. The maximum absolute atomic E-state index is 13.6. The molecule has 0 saturated heterocycles. The summed E-state index contributed by atoms with van der Waals surface area (Å²) < 4.78 is 45.7. The number of hydrogen-bond donors (Lipinski definition) is 2. The Morgan fingerprint density at radius 2 is 2.07 bits per heavy atom. The lowest BCUT2D eigenvalue weighted by molar-refractivity contribution is -0.256. The van der Waals surface area contributed by atoms with Crippen molar-refractivity contribution < 1.29 is 23.1 Å². The zero-order chi connectivity index (χ0) is 19.7. The third-order valence-electron chi connectivity index (χ3n) is 4.46. The zero-order valence-corrected chi connectivity index (χ0v) is 15.2. The number of hydrogen-bond acceptors (Lipinski definition) is 5. The molecule has 5 nitrogen and oxygen atoms in total. The number of nitrogens with one attached hydrogen (secondary N) is 1. The SMILES string of the molecule is CC(CC(O)(C(=O)NN1C=c2cnsc2=CC1)C(F)(F)F)c1ccccc1. The van der Waals surface area contributed by atoms with E-state index in [0.717, 1.165) is 4.53 Å². The summed E-state index contributed by atoms with van der Waals surface area (Å²) in [6, 6.07) is 8.47. The van der Waals surface area contributed by atoms with Crippen molar-refractivity contribution in [3.05, 3.63) is 51.8 Å². The molecule has 0 radical (unpaired) electrons. The Balaban J connectivity index is 1.80. The minimum atomic E-state index is -5.12. The standard InChI is InChI=1S/C18H18F3N3O2S/c1-12(13-5-3-2-4-6-13)9-17(26,18(19,20)21)16(25)23-24-8-7-15-14(11-24)10-22-27-15/h2-7,10-12,26H,8-9H2,1H3,(H,23,25). The van der Waals surface area contributed by atoms with Crippen LogP contribution in [-0.4, -0.2) is 38.7 Å². The number of nitrogens with zero attached hydrogens (tertiary/aromatic N) is 2. The fourth-order valence-corrected chi connectivity index (χ4v) is 3.53. The molecule has 2 aromatic rings. The van der Waals surface area contributed by atoms with E-state index in [-0.39, 0.29) is 6.54 Å². The van der Waals surface area contributed by atoms with Crippen molar-refractivity contribution in [3.63, 3.8) is 0 Å². The average Bonchev–Trinajstić information content (AvgIpc) is 3.09. The first kappa shape index (κ1) is 19.4. The number of alkyl halides is 3. The van der Waals surface area contributed by atoms with Gasteiger partial charge in [0.15, 0.2) is 0 Å². The first-order valence-electron chi connectivity index (χ1n) is 8.25. The molecule has 0 fully saturated rings. The van der Waals surface area contributed by atoms with Crippen molar-refractivity contribution in [1.29, 1.82) is 0 Å². The highest BCUT2D eigenvalue weighted by Crippen LogP contribution is 2.38. The van der Waals surface area contributed by atoms with E-state index >= 15 is 0 Å². The highest BCUT2D eigenvalue weighted by molar-refractivity contribution is 7.03. The van der Waals surface area contributed by atoms with E-state index in [0.29, 0.717) is 10.8 Å². The second kappa shape index (κ2) is 7.32. The van der Waals surface area contributed by atoms with Gasteiger partial charge in [-0.15, -0.1) is 0 Å². The molecule has 144 valence electrons. The fraction of sp³-hybridized carbons (Fsp3) is 0.333. The minimum absolute atomic E-state index is 0.184. The topological polar surface area (TPSA) is 65.5 Å². The molecule has 1 aromatic carbocycles. The van der Waals surface area contributed by atoms with Gasteiger partial charge in [-0.2, -0.15) is 17.5 Å². The third-order valence-corrected chi connectivity index (χ3v) is 5.27. The van der Waals surface area contributed by atoms with Crippen molar-refractivity contribution in [2.24, 2.45) is 0 Å². The lowest BCUT2D eigenvalue weighted by atomic mass is 9.86. The Labute approximate surface area is 157 Å². The molecule has 2 atom stereocenters. The molecule has 0 spiro atoms. The van der Waals surface area contributed by atoms with Crippen molar-refractivity contribution in [2.45, 2.75) is 31.0 Å². The Bertz CT molecular complexity index is 929. The van der Waals surface area contributed by atoms with Gasteiger partial charge in [-0.05, 0) is 29.1 Å². The van der Waals surface area contributed by atoms with Crippen LogP contribution in [0.25, 0.3) is 12.3 Å². The van der Waals surface area contributed by atoms with Gasteiger partial charge < -0.3 is 5.11 Å². The van der Waals surface area contributed by atoms with Gasteiger partial charge in [-0.25, -0.2) is 0 Å².